The highest BCUT2D eigenvalue weighted by Crippen LogP contribution is 2.12. The molecule has 0 radical (unpaired) electrons. The standard InChI is InChI=1S/C22H35N7O2/c1-6-24-20(26-16-19-10-13-27-28(19)5)25-12-8-14-29(21(30)31-22(2,3)4)17-18-9-7-11-23-15-18/h7,9-11,13,15H,6,8,12,14,16-17H2,1-5H3,(H2,24,25,26). The average Bonchev–Trinajstić information content (AvgIpc) is 3.12. The highest BCUT2D eigenvalue weighted by Gasteiger charge is 2.22. The minimum Gasteiger partial charge on any atom is -0.444 e. The van der Waals surface area contributed by atoms with Crippen LogP contribution in [-0.2, 0) is 24.9 Å². The number of rotatable bonds is 9. The number of guanidine groups is 1. The van der Waals surface area contributed by atoms with Gasteiger partial charge in [0, 0.05) is 45.3 Å². The molecule has 2 rings (SSSR count). The fourth-order valence-corrected chi connectivity index (χ4v) is 2.81. The molecule has 2 aromatic heterocycles. The molecule has 31 heavy (non-hydrogen) atoms. The van der Waals surface area contributed by atoms with Crippen LogP contribution in [0.5, 0.6) is 0 Å². The van der Waals surface area contributed by atoms with Crippen molar-refractivity contribution in [2.45, 2.75) is 52.8 Å². The lowest BCUT2D eigenvalue weighted by atomic mass is 10.2. The molecule has 9 nitrogen and oxygen atoms in total. The van der Waals surface area contributed by atoms with E-state index in [2.05, 4.69) is 25.7 Å². The van der Waals surface area contributed by atoms with E-state index >= 15 is 0 Å². The molecule has 170 valence electrons. The highest BCUT2D eigenvalue weighted by atomic mass is 16.6. The van der Waals surface area contributed by atoms with Crippen LogP contribution in [0.4, 0.5) is 4.79 Å². The van der Waals surface area contributed by atoms with Crippen LogP contribution in [0.1, 0.15) is 45.4 Å². The summed E-state index contributed by atoms with van der Waals surface area (Å²) in [6.45, 7) is 10.6. The number of pyridine rings is 1. The Bertz CT molecular complexity index is 828. The Morgan fingerprint density at radius 3 is 2.68 bits per heavy atom. The third-order valence-corrected chi connectivity index (χ3v) is 4.31. The number of aromatic nitrogens is 3. The Morgan fingerprint density at radius 1 is 1.26 bits per heavy atom. The van der Waals surface area contributed by atoms with Crippen LogP contribution < -0.4 is 10.6 Å². The number of ether oxygens (including phenoxy) is 1. The van der Waals surface area contributed by atoms with Gasteiger partial charge < -0.3 is 20.3 Å². The number of carbonyl (C=O) groups excluding carboxylic acids is 1. The van der Waals surface area contributed by atoms with Gasteiger partial charge in [-0.15, -0.1) is 0 Å². The summed E-state index contributed by atoms with van der Waals surface area (Å²) in [5.41, 5.74) is 1.45. The van der Waals surface area contributed by atoms with Crippen molar-refractivity contribution in [3.05, 3.63) is 48.0 Å². The minimum atomic E-state index is -0.542. The van der Waals surface area contributed by atoms with Gasteiger partial charge in [0.25, 0.3) is 0 Å². The first-order chi connectivity index (χ1) is 14.8. The summed E-state index contributed by atoms with van der Waals surface area (Å²) >= 11 is 0. The largest absolute Gasteiger partial charge is 0.444 e. The molecule has 0 aliphatic heterocycles. The van der Waals surface area contributed by atoms with Crippen LogP contribution in [0.15, 0.2) is 41.8 Å². The summed E-state index contributed by atoms with van der Waals surface area (Å²) in [6, 6.07) is 5.77. The summed E-state index contributed by atoms with van der Waals surface area (Å²) in [5, 5.41) is 10.7. The van der Waals surface area contributed by atoms with Gasteiger partial charge in [0.1, 0.15) is 5.60 Å². The van der Waals surface area contributed by atoms with Crippen LogP contribution in [0.25, 0.3) is 0 Å². The highest BCUT2D eigenvalue weighted by molar-refractivity contribution is 5.79. The zero-order valence-electron chi connectivity index (χ0n) is 19.3. The molecular weight excluding hydrogens is 394 g/mol. The van der Waals surface area contributed by atoms with Gasteiger partial charge in [-0.25, -0.2) is 9.79 Å². The molecule has 0 aromatic carbocycles. The van der Waals surface area contributed by atoms with E-state index in [9.17, 15) is 4.79 Å². The maximum atomic E-state index is 12.7. The van der Waals surface area contributed by atoms with Gasteiger partial charge in [0.05, 0.1) is 18.8 Å². The lowest BCUT2D eigenvalue weighted by Gasteiger charge is -2.27. The Balaban J connectivity index is 1.91. The summed E-state index contributed by atoms with van der Waals surface area (Å²) in [6.07, 6.45) is 5.67. The zero-order valence-corrected chi connectivity index (χ0v) is 19.3. The Kier molecular flexibility index (Phi) is 9.30. The van der Waals surface area contributed by atoms with Crippen LogP contribution in [0, 0.1) is 0 Å². The molecule has 0 bridgehead atoms. The number of hydrogen-bond acceptors (Lipinski definition) is 5. The molecule has 0 saturated carbocycles. The molecule has 0 spiro atoms. The fourth-order valence-electron chi connectivity index (χ4n) is 2.81. The number of aliphatic imine (C=N–C) groups is 1. The summed E-state index contributed by atoms with van der Waals surface area (Å²) in [7, 11) is 1.90. The third kappa shape index (κ3) is 9.06. The monoisotopic (exact) mass is 429 g/mol. The molecule has 0 aliphatic rings. The third-order valence-electron chi connectivity index (χ3n) is 4.31. The van der Waals surface area contributed by atoms with Gasteiger partial charge in [0.2, 0.25) is 0 Å². The first kappa shape index (κ1) is 24.2. The number of aryl methyl sites for hydroxylation is 1. The van der Waals surface area contributed by atoms with E-state index in [0.29, 0.717) is 26.2 Å². The Morgan fingerprint density at radius 2 is 2.06 bits per heavy atom. The molecule has 0 atom stereocenters. The van der Waals surface area contributed by atoms with Crippen molar-refractivity contribution in [2.75, 3.05) is 19.6 Å². The van der Waals surface area contributed by atoms with Gasteiger partial charge in [-0.1, -0.05) is 6.07 Å². The second-order valence-electron chi connectivity index (χ2n) is 8.18. The van der Waals surface area contributed by atoms with Gasteiger partial charge >= 0.3 is 6.09 Å². The summed E-state index contributed by atoms with van der Waals surface area (Å²) < 4.78 is 7.39. The summed E-state index contributed by atoms with van der Waals surface area (Å²) in [5.74, 6) is 0.736. The van der Waals surface area contributed by atoms with E-state index in [1.807, 2.05) is 57.6 Å². The molecule has 2 N–H and O–H groups in total. The smallest absolute Gasteiger partial charge is 0.410 e. The molecule has 9 heteroatoms. The fraction of sp³-hybridized carbons (Fsp3) is 0.545. The van der Waals surface area contributed by atoms with Crippen molar-refractivity contribution in [2.24, 2.45) is 12.0 Å². The normalized spacial score (nSPS) is 11.8. The predicted octanol–water partition coefficient (Wildman–Crippen LogP) is 2.70. The van der Waals surface area contributed by atoms with Crippen molar-refractivity contribution < 1.29 is 9.53 Å². The predicted molar refractivity (Wildman–Crippen MR) is 122 cm³/mol. The van der Waals surface area contributed by atoms with Crippen molar-refractivity contribution >= 4 is 12.1 Å². The van der Waals surface area contributed by atoms with Crippen LogP contribution in [0.2, 0.25) is 0 Å². The van der Waals surface area contributed by atoms with Gasteiger partial charge in [-0.3, -0.25) is 9.67 Å². The van der Waals surface area contributed by atoms with E-state index < -0.39 is 5.60 Å². The van der Waals surface area contributed by atoms with Crippen LogP contribution in [0.3, 0.4) is 0 Å². The number of nitrogens with zero attached hydrogens (tertiary/aromatic N) is 5. The number of hydrogen-bond donors (Lipinski definition) is 2. The SMILES string of the molecule is CCNC(=NCc1ccnn1C)NCCCN(Cc1cccnc1)C(=O)OC(C)(C)C. The summed E-state index contributed by atoms with van der Waals surface area (Å²) in [4.78, 5) is 23.1. The lowest BCUT2D eigenvalue weighted by Crippen LogP contribution is -2.40. The first-order valence-corrected chi connectivity index (χ1v) is 10.6. The Labute approximate surface area is 184 Å². The van der Waals surface area contributed by atoms with Crippen molar-refractivity contribution in [1.29, 1.82) is 0 Å². The maximum absolute atomic E-state index is 12.7. The molecule has 2 heterocycles. The topological polar surface area (TPSA) is 96.7 Å². The van der Waals surface area contributed by atoms with Crippen molar-refractivity contribution in [1.82, 2.24) is 30.3 Å². The molecule has 0 unspecified atom stereocenters. The first-order valence-electron chi connectivity index (χ1n) is 10.6. The minimum absolute atomic E-state index is 0.326. The Hall–Kier alpha value is -3.10. The van der Waals surface area contributed by atoms with Crippen molar-refractivity contribution in [3.8, 4) is 0 Å². The maximum Gasteiger partial charge on any atom is 0.410 e. The van der Waals surface area contributed by atoms with Crippen LogP contribution in [-0.4, -0.2) is 57.0 Å². The second-order valence-corrected chi connectivity index (χ2v) is 8.18. The van der Waals surface area contributed by atoms with E-state index in [1.54, 1.807) is 23.5 Å². The lowest BCUT2D eigenvalue weighted by molar-refractivity contribution is 0.0232. The van der Waals surface area contributed by atoms with Crippen LogP contribution >= 0.6 is 0 Å². The van der Waals surface area contributed by atoms with Gasteiger partial charge in [0.15, 0.2) is 5.96 Å². The molecular formula is C22H35N7O2. The molecule has 2 aromatic rings. The second kappa shape index (κ2) is 11.9. The number of carbonyl (C=O) groups is 1. The average molecular weight is 430 g/mol. The van der Waals surface area contributed by atoms with E-state index in [4.69, 9.17) is 4.74 Å². The van der Waals surface area contributed by atoms with E-state index in [0.717, 1.165) is 30.2 Å². The van der Waals surface area contributed by atoms with E-state index in [-0.39, 0.29) is 6.09 Å². The molecule has 0 fully saturated rings. The van der Waals surface area contributed by atoms with Crippen molar-refractivity contribution in [3.63, 3.8) is 0 Å². The number of nitrogens with one attached hydrogen (secondary N) is 2. The molecule has 0 aliphatic carbocycles. The molecule has 1 amide bonds. The van der Waals surface area contributed by atoms with Gasteiger partial charge in [-0.2, -0.15) is 5.10 Å². The van der Waals surface area contributed by atoms with Gasteiger partial charge in [-0.05, 0) is 51.8 Å². The molecule has 0 saturated heterocycles. The zero-order chi connectivity index (χ0) is 22.7. The quantitative estimate of drug-likeness (QED) is 0.361. The van der Waals surface area contributed by atoms with E-state index in [1.165, 1.54) is 0 Å². The number of amides is 1.